The second-order valence-corrected chi connectivity index (χ2v) is 12.6. The van der Waals surface area contributed by atoms with Gasteiger partial charge in [-0.15, -0.1) is 0 Å². The summed E-state index contributed by atoms with van der Waals surface area (Å²) >= 11 is 11.9. The maximum absolute atomic E-state index is 14.6. The largest absolute Gasteiger partial charge is 0.417 e. The monoisotopic (exact) mass is 609 g/mol. The minimum absolute atomic E-state index is 0.121. The fourth-order valence-corrected chi connectivity index (χ4v) is 6.65. The highest BCUT2D eigenvalue weighted by molar-refractivity contribution is 6.31. The molecular formula is C30H32Cl2F3N3O3. The minimum Gasteiger partial charge on any atom is -0.342 e. The third-order valence-corrected chi connectivity index (χ3v) is 9.69. The molecule has 2 saturated heterocycles. The molecule has 2 atom stereocenters. The van der Waals surface area contributed by atoms with Crippen molar-refractivity contribution in [3.05, 3.63) is 69.2 Å². The van der Waals surface area contributed by atoms with Crippen LogP contribution in [-0.2, 0) is 15.8 Å². The summed E-state index contributed by atoms with van der Waals surface area (Å²) in [5.74, 6) is -1.65. The van der Waals surface area contributed by atoms with E-state index < -0.39 is 40.0 Å². The molecule has 0 aromatic heterocycles. The number of carbonyl (C=O) groups is 3. The first kappa shape index (κ1) is 29.9. The third kappa shape index (κ3) is 5.48. The van der Waals surface area contributed by atoms with Gasteiger partial charge in [-0.2, -0.15) is 13.2 Å². The van der Waals surface area contributed by atoms with Crippen LogP contribution in [0.25, 0.3) is 0 Å². The standard InChI is InChI=1S/C30H32Cl2F3N3O3/c1-28(11-12-28)27(41)38-13-9-19(10-14-38)25(39)29(17-36-16-23(29)18-3-6-21(31)7-4-18)37(2)26(40)20-5-8-24(32)22(15-20)30(33,34)35/h3-8,15,19,23,36H,9-14,16-17H2,1-2H3/t23-,29+/m0/s1. The normalized spacial score (nSPS) is 24.3. The van der Waals surface area contributed by atoms with Crippen molar-refractivity contribution in [2.75, 3.05) is 33.2 Å². The molecule has 2 aromatic carbocycles. The van der Waals surface area contributed by atoms with Crippen molar-refractivity contribution in [3.8, 4) is 0 Å². The van der Waals surface area contributed by atoms with Gasteiger partial charge in [-0.1, -0.05) is 42.3 Å². The number of likely N-dealkylation sites (N-methyl/N-ethyl adjacent to an activating group) is 1. The second kappa shape index (κ2) is 10.9. The lowest BCUT2D eigenvalue weighted by molar-refractivity contribution is -0.142. The Balaban J connectivity index is 1.49. The van der Waals surface area contributed by atoms with Crippen molar-refractivity contribution in [3.63, 3.8) is 0 Å². The van der Waals surface area contributed by atoms with Crippen LogP contribution < -0.4 is 5.32 Å². The summed E-state index contributed by atoms with van der Waals surface area (Å²) in [7, 11) is 1.48. The van der Waals surface area contributed by atoms with E-state index in [1.54, 1.807) is 12.1 Å². The molecule has 2 heterocycles. The van der Waals surface area contributed by atoms with Crippen LogP contribution in [0.5, 0.6) is 0 Å². The highest BCUT2D eigenvalue weighted by atomic mass is 35.5. The van der Waals surface area contributed by atoms with Crippen LogP contribution in [0.4, 0.5) is 13.2 Å². The van der Waals surface area contributed by atoms with Crippen molar-refractivity contribution in [2.45, 2.75) is 50.2 Å². The zero-order chi connectivity index (χ0) is 29.7. The summed E-state index contributed by atoms with van der Waals surface area (Å²) < 4.78 is 40.8. The van der Waals surface area contributed by atoms with Crippen molar-refractivity contribution in [1.29, 1.82) is 0 Å². The molecule has 6 nitrogen and oxygen atoms in total. The lowest BCUT2D eigenvalue weighted by atomic mass is 9.71. The molecule has 1 N–H and O–H groups in total. The number of piperidine rings is 1. The van der Waals surface area contributed by atoms with Crippen molar-refractivity contribution < 1.29 is 27.6 Å². The van der Waals surface area contributed by atoms with E-state index in [-0.39, 0.29) is 29.2 Å². The van der Waals surface area contributed by atoms with Crippen molar-refractivity contribution >= 4 is 40.8 Å². The molecule has 2 aliphatic heterocycles. The van der Waals surface area contributed by atoms with Crippen molar-refractivity contribution in [2.24, 2.45) is 11.3 Å². The van der Waals surface area contributed by atoms with Gasteiger partial charge in [-0.25, -0.2) is 0 Å². The number of amides is 2. The molecule has 41 heavy (non-hydrogen) atoms. The maximum Gasteiger partial charge on any atom is 0.417 e. The van der Waals surface area contributed by atoms with Crippen LogP contribution in [0.3, 0.4) is 0 Å². The number of hydrogen-bond acceptors (Lipinski definition) is 4. The summed E-state index contributed by atoms with van der Waals surface area (Å²) in [6.07, 6.45) is -2.09. The minimum atomic E-state index is -4.75. The summed E-state index contributed by atoms with van der Waals surface area (Å²) in [6.45, 7) is 3.38. The van der Waals surface area contributed by atoms with Gasteiger partial charge in [0.15, 0.2) is 5.78 Å². The van der Waals surface area contributed by atoms with Crippen LogP contribution in [0.1, 0.15) is 60.0 Å². The Bertz CT molecular complexity index is 1350. The molecule has 0 radical (unpaired) electrons. The Hall–Kier alpha value is -2.62. The van der Waals surface area contributed by atoms with Gasteiger partial charge in [0.25, 0.3) is 5.91 Å². The number of halogens is 5. The number of Topliss-reactive ketones (excluding diaryl/α,β-unsaturated/α-hetero) is 1. The molecule has 1 aliphatic carbocycles. The fraction of sp³-hybridized carbons (Fsp3) is 0.500. The zero-order valence-corrected chi connectivity index (χ0v) is 24.4. The molecule has 1 saturated carbocycles. The van der Waals surface area contributed by atoms with Crippen LogP contribution >= 0.6 is 23.2 Å². The Morgan fingerprint density at radius 1 is 1.02 bits per heavy atom. The molecule has 3 aliphatic rings. The van der Waals surface area contributed by atoms with Gasteiger partial charge in [0.2, 0.25) is 5.91 Å². The number of hydrogen-bond donors (Lipinski definition) is 1. The predicted molar refractivity (Wildman–Crippen MR) is 150 cm³/mol. The zero-order valence-electron chi connectivity index (χ0n) is 22.9. The molecule has 220 valence electrons. The van der Waals surface area contributed by atoms with Gasteiger partial charge in [0.1, 0.15) is 5.54 Å². The lowest BCUT2D eigenvalue weighted by Crippen LogP contribution is -2.62. The molecule has 2 amide bonds. The van der Waals surface area contributed by atoms with Gasteiger partial charge >= 0.3 is 6.18 Å². The first-order chi connectivity index (χ1) is 19.3. The molecule has 2 aromatic rings. The van der Waals surface area contributed by atoms with E-state index >= 15 is 0 Å². The number of carbonyl (C=O) groups excluding carboxylic acids is 3. The molecule has 0 unspecified atom stereocenters. The molecular weight excluding hydrogens is 578 g/mol. The maximum atomic E-state index is 14.6. The van der Waals surface area contributed by atoms with E-state index in [1.807, 2.05) is 24.0 Å². The van der Waals surface area contributed by atoms with Crippen LogP contribution in [-0.4, -0.2) is 66.2 Å². The summed E-state index contributed by atoms with van der Waals surface area (Å²) in [6, 6.07) is 10.1. The molecule has 11 heteroatoms. The van der Waals surface area contributed by atoms with Crippen LogP contribution in [0, 0.1) is 11.3 Å². The highest BCUT2D eigenvalue weighted by Gasteiger charge is 2.56. The van der Waals surface area contributed by atoms with Crippen LogP contribution in [0.2, 0.25) is 10.0 Å². The Labute approximate surface area is 247 Å². The average molecular weight is 611 g/mol. The lowest BCUT2D eigenvalue weighted by Gasteiger charge is -2.45. The number of alkyl halides is 3. The predicted octanol–water partition coefficient (Wildman–Crippen LogP) is 5.82. The van der Waals surface area contributed by atoms with E-state index in [2.05, 4.69) is 5.32 Å². The highest BCUT2D eigenvalue weighted by Crippen LogP contribution is 2.47. The molecule has 0 bridgehead atoms. The quantitative estimate of drug-likeness (QED) is 0.448. The van der Waals surface area contributed by atoms with Gasteiger partial charge in [-0.05, 0) is 61.6 Å². The van der Waals surface area contributed by atoms with Crippen molar-refractivity contribution in [1.82, 2.24) is 15.1 Å². The van der Waals surface area contributed by atoms with Crippen LogP contribution in [0.15, 0.2) is 42.5 Å². The molecule has 3 fully saturated rings. The molecule has 0 spiro atoms. The number of nitrogens with one attached hydrogen (secondary N) is 1. The van der Waals surface area contributed by atoms with E-state index in [9.17, 15) is 27.6 Å². The van der Waals surface area contributed by atoms with E-state index in [4.69, 9.17) is 23.2 Å². The topological polar surface area (TPSA) is 69.7 Å². The summed E-state index contributed by atoms with van der Waals surface area (Å²) in [5, 5.41) is 3.28. The third-order valence-electron chi connectivity index (χ3n) is 9.11. The second-order valence-electron chi connectivity index (χ2n) is 11.7. The summed E-state index contributed by atoms with van der Waals surface area (Å²) in [4.78, 5) is 44.4. The number of nitrogens with zero attached hydrogens (tertiary/aromatic N) is 2. The van der Waals surface area contributed by atoms with Gasteiger partial charge in [-0.3, -0.25) is 14.4 Å². The fourth-order valence-electron chi connectivity index (χ4n) is 6.30. The number of benzene rings is 2. The summed E-state index contributed by atoms with van der Waals surface area (Å²) in [5.41, 5.74) is -2.21. The Morgan fingerprint density at radius 3 is 2.24 bits per heavy atom. The smallest absolute Gasteiger partial charge is 0.342 e. The van der Waals surface area contributed by atoms with Gasteiger partial charge in [0, 0.05) is 61.1 Å². The Kier molecular flexibility index (Phi) is 7.94. The van der Waals surface area contributed by atoms with E-state index in [0.717, 1.165) is 30.5 Å². The number of rotatable bonds is 6. The first-order valence-electron chi connectivity index (χ1n) is 13.7. The van der Waals surface area contributed by atoms with Gasteiger partial charge < -0.3 is 15.1 Å². The molecule has 5 rings (SSSR count). The Morgan fingerprint density at radius 2 is 1.66 bits per heavy atom. The SMILES string of the molecule is CN(C(=O)c1ccc(Cl)c(C(F)(F)F)c1)[C@]1(C(=O)C2CCN(C(=O)C3(C)CC3)CC2)CNC[C@H]1c1ccc(Cl)cc1. The van der Waals surface area contributed by atoms with E-state index in [1.165, 1.54) is 18.0 Å². The number of likely N-dealkylation sites (tertiary alicyclic amines) is 1. The first-order valence-corrected chi connectivity index (χ1v) is 14.5. The average Bonchev–Trinajstić information content (AvgIpc) is 3.55. The van der Waals surface area contributed by atoms with Gasteiger partial charge in [0.05, 0.1) is 10.6 Å². The number of ketones is 1. The van der Waals surface area contributed by atoms with E-state index in [0.29, 0.717) is 37.5 Å².